The largest absolute Gasteiger partial charge is 0.295 e. The molecule has 0 spiro atoms. The van der Waals surface area contributed by atoms with E-state index in [0.717, 1.165) is 0 Å². The molecule has 0 aromatic rings. The first-order valence-corrected chi connectivity index (χ1v) is 4.30. The summed E-state index contributed by atoms with van der Waals surface area (Å²) in [6.07, 6.45) is 0. The van der Waals surface area contributed by atoms with Crippen molar-refractivity contribution in [3.63, 3.8) is 0 Å². The molecule has 1 atom stereocenters. The summed E-state index contributed by atoms with van der Waals surface area (Å²) in [4.78, 5) is 2.39. The van der Waals surface area contributed by atoms with Crippen molar-refractivity contribution in [2.45, 2.75) is 51.9 Å². The van der Waals surface area contributed by atoms with Crippen molar-refractivity contribution < 1.29 is 0 Å². The Balaban J connectivity index is 2.89. The fourth-order valence-corrected chi connectivity index (χ4v) is 1.81. The molecule has 1 unspecified atom stereocenters. The molecule has 1 heterocycles. The summed E-state index contributed by atoms with van der Waals surface area (Å²) in [7, 11) is 2.18. The van der Waals surface area contributed by atoms with E-state index >= 15 is 0 Å². The van der Waals surface area contributed by atoms with Gasteiger partial charge >= 0.3 is 0 Å². The number of likely N-dealkylation sites (N-methyl/N-ethyl adjacent to an activating group) is 1. The molecule has 66 valence electrons. The maximum absolute atomic E-state index is 3.56. The van der Waals surface area contributed by atoms with Gasteiger partial charge in [-0.15, -0.1) is 0 Å². The van der Waals surface area contributed by atoms with Crippen molar-refractivity contribution in [2.24, 2.45) is 0 Å². The maximum atomic E-state index is 3.56. The molecule has 11 heavy (non-hydrogen) atoms. The molecule has 1 rings (SSSR count). The number of hydrogen-bond acceptors (Lipinski definition) is 2. The Morgan fingerprint density at radius 2 is 1.64 bits per heavy atom. The van der Waals surface area contributed by atoms with Gasteiger partial charge in [0, 0.05) is 11.6 Å². The van der Waals surface area contributed by atoms with E-state index in [1.165, 1.54) is 0 Å². The topological polar surface area (TPSA) is 15.3 Å². The maximum Gasteiger partial charge on any atom is 0.0659 e. The van der Waals surface area contributed by atoms with Crippen LogP contribution in [-0.4, -0.2) is 29.2 Å². The lowest BCUT2D eigenvalue weighted by Crippen LogP contribution is -2.48. The van der Waals surface area contributed by atoms with Crippen LogP contribution in [0.5, 0.6) is 0 Å². The number of rotatable bonds is 0. The Labute approximate surface area is 70.0 Å². The molecule has 0 aromatic heterocycles. The van der Waals surface area contributed by atoms with E-state index in [2.05, 4.69) is 51.9 Å². The average molecular weight is 156 g/mol. The van der Waals surface area contributed by atoms with Gasteiger partial charge in [-0.2, -0.15) is 0 Å². The Bertz CT molecular complexity index is 161. The molecule has 1 aliphatic heterocycles. The summed E-state index contributed by atoms with van der Waals surface area (Å²) >= 11 is 0. The van der Waals surface area contributed by atoms with Gasteiger partial charge in [0.05, 0.1) is 5.66 Å². The van der Waals surface area contributed by atoms with Crippen molar-refractivity contribution in [2.75, 3.05) is 7.05 Å². The first-order chi connectivity index (χ1) is 4.78. The van der Waals surface area contributed by atoms with Gasteiger partial charge in [0.15, 0.2) is 0 Å². The van der Waals surface area contributed by atoms with E-state index in [1.807, 2.05) is 0 Å². The zero-order valence-electron chi connectivity index (χ0n) is 8.52. The second kappa shape index (κ2) is 2.20. The average Bonchev–Trinajstić information content (AvgIpc) is 1.94. The van der Waals surface area contributed by atoms with Crippen LogP contribution in [0.15, 0.2) is 0 Å². The molecule has 0 amide bonds. The SMILES string of the molecule is CC1NC(C)(C)N(C)C1(C)C. The van der Waals surface area contributed by atoms with Crippen LogP contribution in [0.25, 0.3) is 0 Å². The Morgan fingerprint density at radius 3 is 1.73 bits per heavy atom. The Kier molecular flexibility index (Phi) is 1.81. The molecule has 1 N–H and O–H groups in total. The lowest BCUT2D eigenvalue weighted by atomic mass is 9.97. The van der Waals surface area contributed by atoms with Crippen LogP contribution < -0.4 is 5.32 Å². The normalized spacial score (nSPS) is 36.0. The van der Waals surface area contributed by atoms with Crippen molar-refractivity contribution in [1.82, 2.24) is 10.2 Å². The molecule has 0 aromatic carbocycles. The minimum absolute atomic E-state index is 0.142. The van der Waals surface area contributed by atoms with Crippen molar-refractivity contribution >= 4 is 0 Å². The van der Waals surface area contributed by atoms with E-state index in [4.69, 9.17) is 0 Å². The molecule has 1 fully saturated rings. The van der Waals surface area contributed by atoms with E-state index in [1.54, 1.807) is 0 Å². The third-order valence-electron chi connectivity index (χ3n) is 3.33. The summed E-state index contributed by atoms with van der Waals surface area (Å²) in [5.74, 6) is 0. The third kappa shape index (κ3) is 1.18. The minimum Gasteiger partial charge on any atom is -0.295 e. The van der Waals surface area contributed by atoms with E-state index in [-0.39, 0.29) is 11.2 Å². The summed E-state index contributed by atoms with van der Waals surface area (Å²) in [6, 6.07) is 0.558. The van der Waals surface area contributed by atoms with Crippen LogP contribution >= 0.6 is 0 Å². The standard InChI is InChI=1S/C9H20N2/c1-7-8(2,3)11(6)9(4,5)10-7/h7,10H,1-6H3. The summed E-state index contributed by atoms with van der Waals surface area (Å²) in [5.41, 5.74) is 0.409. The highest BCUT2D eigenvalue weighted by Gasteiger charge is 2.46. The highest BCUT2D eigenvalue weighted by molar-refractivity contribution is 5.03. The highest BCUT2D eigenvalue weighted by atomic mass is 15.4. The smallest absolute Gasteiger partial charge is 0.0659 e. The van der Waals surface area contributed by atoms with Crippen LogP contribution in [0.2, 0.25) is 0 Å². The zero-order valence-corrected chi connectivity index (χ0v) is 8.52. The molecule has 0 saturated carbocycles. The first-order valence-electron chi connectivity index (χ1n) is 4.30. The van der Waals surface area contributed by atoms with Crippen molar-refractivity contribution in [3.8, 4) is 0 Å². The lowest BCUT2D eigenvalue weighted by Gasteiger charge is -2.36. The molecule has 1 aliphatic rings. The summed E-state index contributed by atoms with van der Waals surface area (Å²) < 4.78 is 0. The van der Waals surface area contributed by atoms with Crippen molar-refractivity contribution in [1.29, 1.82) is 0 Å². The van der Waals surface area contributed by atoms with Gasteiger partial charge in [-0.05, 0) is 41.7 Å². The van der Waals surface area contributed by atoms with Crippen LogP contribution in [-0.2, 0) is 0 Å². The van der Waals surface area contributed by atoms with E-state index < -0.39 is 0 Å². The molecule has 0 radical (unpaired) electrons. The number of nitrogens with zero attached hydrogens (tertiary/aromatic N) is 1. The third-order valence-corrected chi connectivity index (χ3v) is 3.33. The fourth-order valence-electron chi connectivity index (χ4n) is 1.81. The Hall–Kier alpha value is -0.0800. The summed E-state index contributed by atoms with van der Waals surface area (Å²) in [5, 5.41) is 3.56. The number of nitrogens with one attached hydrogen (secondary N) is 1. The van der Waals surface area contributed by atoms with E-state index in [9.17, 15) is 0 Å². The van der Waals surface area contributed by atoms with Crippen LogP contribution in [0, 0.1) is 0 Å². The molecule has 0 aliphatic carbocycles. The molecule has 2 nitrogen and oxygen atoms in total. The highest BCUT2D eigenvalue weighted by Crippen LogP contribution is 2.31. The predicted octanol–water partition coefficient (Wildman–Crippen LogP) is 1.42. The molecule has 0 bridgehead atoms. The quantitative estimate of drug-likeness (QED) is 0.570. The second-order valence-electron chi connectivity index (χ2n) is 4.64. The van der Waals surface area contributed by atoms with Crippen LogP contribution in [0.4, 0.5) is 0 Å². The molecular weight excluding hydrogens is 136 g/mol. The lowest BCUT2D eigenvalue weighted by molar-refractivity contribution is 0.106. The monoisotopic (exact) mass is 156 g/mol. The van der Waals surface area contributed by atoms with Gasteiger partial charge in [0.1, 0.15) is 0 Å². The van der Waals surface area contributed by atoms with Gasteiger partial charge in [0.25, 0.3) is 0 Å². The van der Waals surface area contributed by atoms with E-state index in [0.29, 0.717) is 6.04 Å². The van der Waals surface area contributed by atoms with Gasteiger partial charge in [-0.25, -0.2) is 0 Å². The van der Waals surface area contributed by atoms with Gasteiger partial charge in [-0.3, -0.25) is 10.2 Å². The van der Waals surface area contributed by atoms with Gasteiger partial charge in [0.2, 0.25) is 0 Å². The van der Waals surface area contributed by atoms with Crippen LogP contribution in [0.3, 0.4) is 0 Å². The first kappa shape index (κ1) is 9.01. The predicted molar refractivity (Wildman–Crippen MR) is 48.5 cm³/mol. The molecule has 1 saturated heterocycles. The van der Waals surface area contributed by atoms with Crippen LogP contribution in [0.1, 0.15) is 34.6 Å². The Morgan fingerprint density at radius 1 is 1.18 bits per heavy atom. The van der Waals surface area contributed by atoms with Crippen molar-refractivity contribution in [3.05, 3.63) is 0 Å². The molecular formula is C9H20N2. The second-order valence-corrected chi connectivity index (χ2v) is 4.64. The zero-order chi connectivity index (χ0) is 8.86. The van der Waals surface area contributed by atoms with Gasteiger partial charge < -0.3 is 0 Å². The summed E-state index contributed by atoms with van der Waals surface area (Å²) in [6.45, 7) is 11.2. The number of hydrogen-bond donors (Lipinski definition) is 1. The van der Waals surface area contributed by atoms with Gasteiger partial charge in [-0.1, -0.05) is 0 Å². The fraction of sp³-hybridized carbons (Fsp3) is 1.00. The minimum atomic E-state index is 0.142. The molecule has 2 heteroatoms.